The van der Waals surface area contributed by atoms with E-state index in [0.29, 0.717) is 6.04 Å². The van der Waals surface area contributed by atoms with E-state index < -0.39 is 0 Å². The molecule has 1 saturated carbocycles. The van der Waals surface area contributed by atoms with E-state index in [1.165, 1.54) is 18.2 Å². The Labute approximate surface area is 138 Å². The Balaban J connectivity index is 1.87. The van der Waals surface area contributed by atoms with E-state index >= 15 is 0 Å². The molecule has 2 heterocycles. The maximum absolute atomic E-state index is 6.21. The molecule has 0 bridgehead atoms. The first kappa shape index (κ1) is 13.1. The van der Waals surface area contributed by atoms with E-state index in [-0.39, 0.29) is 0 Å². The fourth-order valence-corrected chi connectivity index (χ4v) is 3.42. The molecule has 4 aromatic rings. The summed E-state index contributed by atoms with van der Waals surface area (Å²) >= 11 is 6.21. The molecule has 112 valence electrons. The number of benzene rings is 2. The van der Waals surface area contributed by atoms with Crippen LogP contribution in [0.5, 0.6) is 0 Å². The minimum atomic E-state index is 0.521. The quantitative estimate of drug-likeness (QED) is 0.506. The molecule has 23 heavy (non-hydrogen) atoms. The van der Waals surface area contributed by atoms with Crippen LogP contribution >= 0.6 is 11.6 Å². The predicted octanol–water partition coefficient (Wildman–Crippen LogP) is 5.24. The normalized spacial score (nSPS) is 14.7. The van der Waals surface area contributed by atoms with Gasteiger partial charge in [-0.3, -0.25) is 4.98 Å². The Hall–Kier alpha value is -2.39. The second-order valence-electron chi connectivity index (χ2n) is 6.08. The van der Waals surface area contributed by atoms with Crippen molar-refractivity contribution in [3.05, 3.63) is 59.9 Å². The monoisotopic (exact) mass is 319 g/mol. The van der Waals surface area contributed by atoms with Crippen LogP contribution in [0.15, 0.2) is 54.9 Å². The Kier molecular flexibility index (Phi) is 2.73. The summed E-state index contributed by atoms with van der Waals surface area (Å²) in [5.74, 6) is 0.995. The number of hydrogen-bond donors (Lipinski definition) is 0. The zero-order valence-electron chi connectivity index (χ0n) is 12.4. The van der Waals surface area contributed by atoms with Gasteiger partial charge in [0.05, 0.1) is 11.0 Å². The molecule has 2 aromatic carbocycles. The van der Waals surface area contributed by atoms with Gasteiger partial charge in [-0.2, -0.15) is 0 Å². The summed E-state index contributed by atoms with van der Waals surface area (Å²) in [6.45, 7) is 0. The third-order valence-electron chi connectivity index (χ3n) is 4.47. The summed E-state index contributed by atoms with van der Waals surface area (Å²) in [7, 11) is 0. The third-order valence-corrected chi connectivity index (χ3v) is 4.71. The van der Waals surface area contributed by atoms with E-state index in [2.05, 4.69) is 27.8 Å². The number of pyridine rings is 1. The molecule has 2 aromatic heterocycles. The van der Waals surface area contributed by atoms with Crippen molar-refractivity contribution < 1.29 is 0 Å². The molecule has 1 aliphatic carbocycles. The second kappa shape index (κ2) is 4.80. The fourth-order valence-electron chi connectivity index (χ4n) is 3.25. The van der Waals surface area contributed by atoms with Gasteiger partial charge in [-0.15, -0.1) is 0 Å². The fraction of sp³-hybridized carbons (Fsp3) is 0.158. The van der Waals surface area contributed by atoms with Crippen LogP contribution in [-0.2, 0) is 0 Å². The summed E-state index contributed by atoms with van der Waals surface area (Å²) in [4.78, 5) is 9.32. The molecule has 0 unspecified atom stereocenters. The Bertz CT molecular complexity index is 1040. The Morgan fingerprint density at radius 1 is 1.04 bits per heavy atom. The van der Waals surface area contributed by atoms with Crippen LogP contribution in [-0.4, -0.2) is 14.5 Å². The molecular weight excluding hydrogens is 306 g/mol. The van der Waals surface area contributed by atoms with Gasteiger partial charge in [0.1, 0.15) is 5.82 Å². The van der Waals surface area contributed by atoms with Crippen LogP contribution in [0.25, 0.3) is 33.2 Å². The van der Waals surface area contributed by atoms with Crippen LogP contribution in [0.4, 0.5) is 0 Å². The van der Waals surface area contributed by atoms with Gasteiger partial charge in [-0.25, -0.2) is 4.98 Å². The third kappa shape index (κ3) is 2.04. The first-order valence-corrected chi connectivity index (χ1v) is 8.20. The van der Waals surface area contributed by atoms with Crippen LogP contribution in [0.2, 0.25) is 5.02 Å². The van der Waals surface area contributed by atoms with Crippen LogP contribution in [0, 0.1) is 0 Å². The van der Waals surface area contributed by atoms with E-state index in [0.717, 1.165) is 32.8 Å². The second-order valence-corrected chi connectivity index (χ2v) is 6.51. The number of fused-ring (bicyclic) bond motifs is 2. The van der Waals surface area contributed by atoms with Crippen LogP contribution in [0.3, 0.4) is 0 Å². The van der Waals surface area contributed by atoms with Gasteiger partial charge in [0.2, 0.25) is 0 Å². The minimum absolute atomic E-state index is 0.521. The van der Waals surface area contributed by atoms with E-state index in [1.807, 2.05) is 36.7 Å². The number of halogens is 1. The molecule has 0 atom stereocenters. The number of aromatic nitrogens is 3. The predicted molar refractivity (Wildman–Crippen MR) is 93.8 cm³/mol. The highest BCUT2D eigenvalue weighted by Gasteiger charge is 2.29. The zero-order valence-corrected chi connectivity index (χ0v) is 13.2. The molecule has 0 amide bonds. The SMILES string of the molecule is Clc1ccc2nc(-c3cncc4ccccc34)n(C3CC3)c2c1. The molecule has 1 aliphatic rings. The lowest BCUT2D eigenvalue weighted by molar-refractivity contribution is 0.775. The molecule has 0 aliphatic heterocycles. The number of imidazole rings is 1. The molecule has 0 saturated heterocycles. The molecule has 4 heteroatoms. The molecular formula is C19H14ClN3. The van der Waals surface area contributed by atoms with Crippen molar-refractivity contribution in [1.82, 2.24) is 14.5 Å². The highest BCUT2D eigenvalue weighted by Crippen LogP contribution is 2.42. The molecule has 0 N–H and O–H groups in total. The van der Waals surface area contributed by atoms with Gasteiger partial charge in [0, 0.05) is 34.4 Å². The minimum Gasteiger partial charge on any atom is -0.321 e. The maximum atomic E-state index is 6.21. The average molecular weight is 320 g/mol. The van der Waals surface area contributed by atoms with Crippen molar-refractivity contribution in [2.24, 2.45) is 0 Å². The van der Waals surface area contributed by atoms with E-state index in [1.54, 1.807) is 0 Å². The van der Waals surface area contributed by atoms with Crippen molar-refractivity contribution in [2.45, 2.75) is 18.9 Å². The average Bonchev–Trinajstić information content (AvgIpc) is 3.35. The number of rotatable bonds is 2. The number of nitrogens with zero attached hydrogens (tertiary/aromatic N) is 3. The molecule has 3 nitrogen and oxygen atoms in total. The van der Waals surface area contributed by atoms with Crippen LogP contribution in [0.1, 0.15) is 18.9 Å². The molecule has 1 fully saturated rings. The highest BCUT2D eigenvalue weighted by atomic mass is 35.5. The first-order valence-electron chi connectivity index (χ1n) is 7.82. The lowest BCUT2D eigenvalue weighted by Gasteiger charge is -2.10. The van der Waals surface area contributed by atoms with Gasteiger partial charge in [0.25, 0.3) is 0 Å². The summed E-state index contributed by atoms with van der Waals surface area (Å²) < 4.78 is 2.34. The first-order chi connectivity index (χ1) is 11.3. The largest absolute Gasteiger partial charge is 0.321 e. The topological polar surface area (TPSA) is 30.7 Å². The summed E-state index contributed by atoms with van der Waals surface area (Å²) in [6.07, 6.45) is 6.22. The van der Waals surface area contributed by atoms with Crippen molar-refractivity contribution in [2.75, 3.05) is 0 Å². The maximum Gasteiger partial charge on any atom is 0.143 e. The van der Waals surface area contributed by atoms with Gasteiger partial charge in [-0.1, -0.05) is 35.9 Å². The Morgan fingerprint density at radius 2 is 1.91 bits per heavy atom. The van der Waals surface area contributed by atoms with Gasteiger partial charge < -0.3 is 4.57 Å². The Morgan fingerprint density at radius 3 is 2.78 bits per heavy atom. The van der Waals surface area contributed by atoms with Gasteiger partial charge in [-0.05, 0) is 36.4 Å². The van der Waals surface area contributed by atoms with Crippen molar-refractivity contribution >= 4 is 33.4 Å². The van der Waals surface area contributed by atoms with E-state index in [9.17, 15) is 0 Å². The zero-order chi connectivity index (χ0) is 15.4. The standard InChI is InChI=1S/C19H14ClN3/c20-13-5-8-17-18(9-13)23(14-6-7-14)19(22-17)16-11-21-10-12-3-1-2-4-15(12)16/h1-5,8-11,14H,6-7H2. The lowest BCUT2D eigenvalue weighted by atomic mass is 10.1. The van der Waals surface area contributed by atoms with Crippen molar-refractivity contribution in [3.8, 4) is 11.4 Å². The summed E-state index contributed by atoms with van der Waals surface area (Å²) in [6, 6.07) is 14.8. The molecule has 0 spiro atoms. The smallest absolute Gasteiger partial charge is 0.143 e. The number of hydrogen-bond acceptors (Lipinski definition) is 2. The summed E-state index contributed by atoms with van der Waals surface area (Å²) in [5.41, 5.74) is 3.19. The van der Waals surface area contributed by atoms with Crippen LogP contribution < -0.4 is 0 Å². The van der Waals surface area contributed by atoms with E-state index in [4.69, 9.17) is 16.6 Å². The molecule has 5 rings (SSSR count). The van der Waals surface area contributed by atoms with Crippen molar-refractivity contribution in [1.29, 1.82) is 0 Å². The van der Waals surface area contributed by atoms with Gasteiger partial charge in [0.15, 0.2) is 0 Å². The van der Waals surface area contributed by atoms with Gasteiger partial charge >= 0.3 is 0 Å². The van der Waals surface area contributed by atoms with Crippen molar-refractivity contribution in [3.63, 3.8) is 0 Å². The summed E-state index contributed by atoms with van der Waals surface area (Å²) in [5, 5.41) is 3.07. The lowest BCUT2D eigenvalue weighted by Crippen LogP contribution is -1.98. The molecule has 0 radical (unpaired) electrons. The highest BCUT2D eigenvalue weighted by molar-refractivity contribution is 6.31.